The number of hydrogen-bond acceptors (Lipinski definition) is 2. The van der Waals surface area contributed by atoms with Crippen LogP contribution in [0.3, 0.4) is 0 Å². The van der Waals surface area contributed by atoms with Gasteiger partial charge in [-0.15, -0.1) is 11.3 Å². The summed E-state index contributed by atoms with van der Waals surface area (Å²) in [5, 5.41) is 2.14. The molecule has 2 rings (SSSR count). The summed E-state index contributed by atoms with van der Waals surface area (Å²) in [6, 6.07) is 10.6. The summed E-state index contributed by atoms with van der Waals surface area (Å²) < 4.78 is 0. The highest BCUT2D eigenvalue weighted by atomic mass is 32.1. The molecule has 0 aliphatic rings. The molecule has 0 spiro atoms. The first-order valence-corrected chi connectivity index (χ1v) is 5.92. The predicted molar refractivity (Wildman–Crippen MR) is 66.3 cm³/mol. The van der Waals surface area contributed by atoms with Gasteiger partial charge in [0.05, 0.1) is 6.04 Å². The molecule has 0 fully saturated rings. The SMILES string of the molecule is Cc1cccc(C(N)c2csc(C)c2)c1. The zero-order chi connectivity index (χ0) is 10.8. The van der Waals surface area contributed by atoms with Gasteiger partial charge in [-0.05, 0) is 36.4 Å². The van der Waals surface area contributed by atoms with Gasteiger partial charge in [0, 0.05) is 4.88 Å². The molecule has 2 heteroatoms. The van der Waals surface area contributed by atoms with E-state index >= 15 is 0 Å². The molecule has 1 atom stereocenters. The molecule has 0 radical (unpaired) electrons. The second-order valence-electron chi connectivity index (χ2n) is 3.88. The molecule has 1 nitrogen and oxygen atoms in total. The molecule has 2 N–H and O–H groups in total. The topological polar surface area (TPSA) is 26.0 Å². The van der Waals surface area contributed by atoms with Gasteiger partial charge in [-0.2, -0.15) is 0 Å². The van der Waals surface area contributed by atoms with E-state index in [1.165, 1.54) is 21.6 Å². The van der Waals surface area contributed by atoms with E-state index in [9.17, 15) is 0 Å². The number of benzene rings is 1. The second-order valence-corrected chi connectivity index (χ2v) is 5.00. The third kappa shape index (κ3) is 2.28. The summed E-state index contributed by atoms with van der Waals surface area (Å²) >= 11 is 1.75. The molecule has 1 heterocycles. The van der Waals surface area contributed by atoms with Crippen molar-refractivity contribution in [1.29, 1.82) is 0 Å². The van der Waals surface area contributed by atoms with Gasteiger partial charge in [-0.3, -0.25) is 0 Å². The number of rotatable bonds is 2. The van der Waals surface area contributed by atoms with Gasteiger partial charge in [0.2, 0.25) is 0 Å². The van der Waals surface area contributed by atoms with Crippen molar-refractivity contribution in [3.8, 4) is 0 Å². The van der Waals surface area contributed by atoms with Crippen LogP contribution < -0.4 is 5.73 Å². The highest BCUT2D eigenvalue weighted by Gasteiger charge is 2.09. The monoisotopic (exact) mass is 217 g/mol. The Hall–Kier alpha value is -1.12. The molecule has 0 saturated carbocycles. The maximum Gasteiger partial charge on any atom is 0.0560 e. The van der Waals surface area contributed by atoms with Gasteiger partial charge in [-0.25, -0.2) is 0 Å². The molecule has 0 aliphatic carbocycles. The second kappa shape index (κ2) is 4.17. The van der Waals surface area contributed by atoms with Crippen LogP contribution in [0.25, 0.3) is 0 Å². The summed E-state index contributed by atoms with van der Waals surface area (Å²) in [6.45, 7) is 4.20. The fraction of sp³-hybridized carbons (Fsp3) is 0.231. The fourth-order valence-electron chi connectivity index (χ4n) is 1.68. The van der Waals surface area contributed by atoms with E-state index in [1.54, 1.807) is 11.3 Å². The van der Waals surface area contributed by atoms with Crippen molar-refractivity contribution < 1.29 is 0 Å². The van der Waals surface area contributed by atoms with Crippen molar-refractivity contribution >= 4 is 11.3 Å². The Morgan fingerprint density at radius 3 is 2.53 bits per heavy atom. The highest BCUT2D eigenvalue weighted by molar-refractivity contribution is 7.10. The van der Waals surface area contributed by atoms with Crippen LogP contribution >= 0.6 is 11.3 Å². The first-order valence-electron chi connectivity index (χ1n) is 5.04. The molecular formula is C13H15NS. The summed E-state index contributed by atoms with van der Waals surface area (Å²) in [6.07, 6.45) is 0. The van der Waals surface area contributed by atoms with E-state index in [-0.39, 0.29) is 6.04 Å². The lowest BCUT2D eigenvalue weighted by atomic mass is 10.0. The quantitative estimate of drug-likeness (QED) is 0.819. The molecule has 1 aromatic carbocycles. The third-order valence-electron chi connectivity index (χ3n) is 2.51. The van der Waals surface area contributed by atoms with E-state index < -0.39 is 0 Å². The largest absolute Gasteiger partial charge is 0.320 e. The number of hydrogen-bond donors (Lipinski definition) is 1. The van der Waals surface area contributed by atoms with Crippen molar-refractivity contribution in [1.82, 2.24) is 0 Å². The lowest BCUT2D eigenvalue weighted by molar-refractivity contribution is 0.874. The Kier molecular flexibility index (Phi) is 2.89. The zero-order valence-corrected chi connectivity index (χ0v) is 9.84. The van der Waals surface area contributed by atoms with Crippen LogP contribution in [0.15, 0.2) is 35.7 Å². The number of nitrogens with two attached hydrogens (primary N) is 1. The van der Waals surface area contributed by atoms with Crippen LogP contribution in [0, 0.1) is 13.8 Å². The van der Waals surface area contributed by atoms with Gasteiger partial charge in [0.1, 0.15) is 0 Å². The maximum atomic E-state index is 6.21. The average Bonchev–Trinajstić information content (AvgIpc) is 2.64. The lowest BCUT2D eigenvalue weighted by Gasteiger charge is -2.10. The fourth-order valence-corrected chi connectivity index (χ4v) is 2.42. The minimum Gasteiger partial charge on any atom is -0.320 e. The molecule has 1 aromatic heterocycles. The molecule has 0 aliphatic heterocycles. The predicted octanol–water partition coefficient (Wildman–Crippen LogP) is 3.41. The van der Waals surface area contributed by atoms with Gasteiger partial charge in [0.25, 0.3) is 0 Å². The van der Waals surface area contributed by atoms with Crippen molar-refractivity contribution in [2.75, 3.05) is 0 Å². The van der Waals surface area contributed by atoms with E-state index in [0.29, 0.717) is 0 Å². The number of thiophene rings is 1. The van der Waals surface area contributed by atoms with Crippen LogP contribution in [-0.2, 0) is 0 Å². The average molecular weight is 217 g/mol. The molecule has 1 unspecified atom stereocenters. The van der Waals surface area contributed by atoms with E-state index in [0.717, 1.165) is 0 Å². The Balaban J connectivity index is 2.32. The van der Waals surface area contributed by atoms with Gasteiger partial charge in [-0.1, -0.05) is 29.8 Å². The molecule has 0 saturated heterocycles. The Labute approximate surface area is 94.6 Å². The molecule has 15 heavy (non-hydrogen) atoms. The number of aryl methyl sites for hydroxylation is 2. The summed E-state index contributed by atoms with van der Waals surface area (Å²) in [4.78, 5) is 1.31. The first-order chi connectivity index (χ1) is 7.16. The van der Waals surface area contributed by atoms with Crippen LogP contribution in [0.4, 0.5) is 0 Å². The van der Waals surface area contributed by atoms with Crippen molar-refractivity contribution in [2.45, 2.75) is 19.9 Å². The highest BCUT2D eigenvalue weighted by Crippen LogP contribution is 2.24. The minimum atomic E-state index is 0.00912. The molecule has 2 aromatic rings. The van der Waals surface area contributed by atoms with E-state index in [2.05, 4.69) is 49.6 Å². The van der Waals surface area contributed by atoms with Gasteiger partial charge < -0.3 is 5.73 Å². The Morgan fingerprint density at radius 1 is 1.13 bits per heavy atom. The minimum absolute atomic E-state index is 0.00912. The van der Waals surface area contributed by atoms with Gasteiger partial charge in [0.15, 0.2) is 0 Å². The summed E-state index contributed by atoms with van der Waals surface area (Å²) in [5.74, 6) is 0. The molecule has 78 valence electrons. The molecule has 0 amide bonds. The Morgan fingerprint density at radius 2 is 1.93 bits per heavy atom. The maximum absolute atomic E-state index is 6.21. The molecule has 0 bridgehead atoms. The zero-order valence-electron chi connectivity index (χ0n) is 9.03. The standard InChI is InChI=1S/C13H15NS/c1-9-4-3-5-11(6-9)13(14)12-7-10(2)15-8-12/h3-8,13H,14H2,1-2H3. The smallest absolute Gasteiger partial charge is 0.0560 e. The summed E-state index contributed by atoms with van der Waals surface area (Å²) in [5.41, 5.74) is 9.86. The van der Waals surface area contributed by atoms with E-state index in [4.69, 9.17) is 5.73 Å². The van der Waals surface area contributed by atoms with Crippen molar-refractivity contribution in [3.63, 3.8) is 0 Å². The van der Waals surface area contributed by atoms with Crippen LogP contribution in [0.5, 0.6) is 0 Å². The van der Waals surface area contributed by atoms with Crippen molar-refractivity contribution in [2.24, 2.45) is 5.73 Å². The van der Waals surface area contributed by atoms with E-state index in [1.807, 2.05) is 0 Å². The van der Waals surface area contributed by atoms with Crippen LogP contribution in [-0.4, -0.2) is 0 Å². The lowest BCUT2D eigenvalue weighted by Crippen LogP contribution is -2.10. The Bertz CT molecular complexity index is 459. The molecular weight excluding hydrogens is 202 g/mol. The van der Waals surface area contributed by atoms with Crippen LogP contribution in [0.1, 0.15) is 27.6 Å². The van der Waals surface area contributed by atoms with Gasteiger partial charge >= 0.3 is 0 Å². The normalized spacial score (nSPS) is 12.7. The van der Waals surface area contributed by atoms with Crippen LogP contribution in [0.2, 0.25) is 0 Å². The summed E-state index contributed by atoms with van der Waals surface area (Å²) in [7, 11) is 0. The van der Waals surface area contributed by atoms with Crippen molar-refractivity contribution in [3.05, 3.63) is 57.3 Å². The first kappa shape index (κ1) is 10.4. The third-order valence-corrected chi connectivity index (χ3v) is 3.39.